The molecule has 0 N–H and O–H groups in total. The summed E-state index contributed by atoms with van der Waals surface area (Å²) in [6, 6.07) is 6.36. The van der Waals surface area contributed by atoms with Crippen LogP contribution in [0.2, 0.25) is 5.02 Å². The highest BCUT2D eigenvalue weighted by Gasteiger charge is 2.34. The molecule has 0 unspecified atom stereocenters. The lowest BCUT2D eigenvalue weighted by atomic mass is 10.1. The Morgan fingerprint density at radius 2 is 1.91 bits per heavy atom. The number of aryl methyl sites for hydroxylation is 1. The van der Waals surface area contributed by atoms with Crippen molar-refractivity contribution in [2.75, 3.05) is 10.8 Å². The van der Waals surface area contributed by atoms with Crippen LogP contribution in [0.3, 0.4) is 0 Å². The van der Waals surface area contributed by atoms with Crippen LogP contribution in [0, 0.1) is 18.6 Å². The van der Waals surface area contributed by atoms with Crippen molar-refractivity contribution in [1.82, 2.24) is 0 Å². The van der Waals surface area contributed by atoms with Gasteiger partial charge in [0.2, 0.25) is 0 Å². The van der Waals surface area contributed by atoms with Crippen LogP contribution in [0.1, 0.15) is 11.1 Å². The van der Waals surface area contributed by atoms with Crippen LogP contribution in [0.4, 0.5) is 14.5 Å². The second kappa shape index (κ2) is 5.21. The molecule has 0 amide bonds. The van der Waals surface area contributed by atoms with Crippen LogP contribution in [0.15, 0.2) is 35.2 Å². The molecular formula is C15H12ClF2NO2S. The molecule has 0 fully saturated rings. The number of fused-ring (bicyclic) bond motifs is 1. The number of hydrogen-bond acceptors (Lipinski definition) is 2. The van der Waals surface area contributed by atoms with Crippen molar-refractivity contribution in [3.63, 3.8) is 0 Å². The maximum absolute atomic E-state index is 13.8. The summed E-state index contributed by atoms with van der Waals surface area (Å²) in [5.41, 5.74) is 1.06. The zero-order chi connectivity index (χ0) is 16.1. The SMILES string of the molecule is Cc1ccc(S(=O)(=O)N2CCc3c(F)cc(F)cc32)c(Cl)c1. The molecule has 0 saturated heterocycles. The molecule has 2 aromatic carbocycles. The van der Waals surface area contributed by atoms with Gasteiger partial charge in [-0.2, -0.15) is 0 Å². The van der Waals surface area contributed by atoms with E-state index in [1.807, 2.05) is 0 Å². The van der Waals surface area contributed by atoms with E-state index in [4.69, 9.17) is 11.6 Å². The third-order valence-corrected chi connectivity index (χ3v) is 5.92. The molecular weight excluding hydrogens is 332 g/mol. The fourth-order valence-electron chi connectivity index (χ4n) is 2.58. The minimum Gasteiger partial charge on any atom is -0.265 e. The minimum absolute atomic E-state index is 0.0362. The largest absolute Gasteiger partial charge is 0.265 e. The molecule has 3 nitrogen and oxygen atoms in total. The fourth-order valence-corrected chi connectivity index (χ4v) is 4.64. The summed E-state index contributed by atoms with van der Waals surface area (Å²) < 4.78 is 53.7. The van der Waals surface area contributed by atoms with E-state index >= 15 is 0 Å². The van der Waals surface area contributed by atoms with Gasteiger partial charge >= 0.3 is 0 Å². The Morgan fingerprint density at radius 1 is 1.18 bits per heavy atom. The van der Waals surface area contributed by atoms with Gasteiger partial charge in [-0.05, 0) is 37.1 Å². The van der Waals surface area contributed by atoms with E-state index in [0.29, 0.717) is 0 Å². The van der Waals surface area contributed by atoms with Crippen molar-refractivity contribution >= 4 is 27.3 Å². The Labute approximate surface area is 132 Å². The van der Waals surface area contributed by atoms with E-state index in [1.54, 1.807) is 13.0 Å². The first-order valence-electron chi connectivity index (χ1n) is 6.57. The summed E-state index contributed by atoms with van der Waals surface area (Å²) in [5.74, 6) is -1.55. The quantitative estimate of drug-likeness (QED) is 0.834. The van der Waals surface area contributed by atoms with Crippen molar-refractivity contribution in [3.05, 3.63) is 58.1 Å². The number of benzene rings is 2. The average Bonchev–Trinajstić information content (AvgIpc) is 2.82. The van der Waals surface area contributed by atoms with Crippen molar-refractivity contribution in [1.29, 1.82) is 0 Å². The zero-order valence-corrected chi connectivity index (χ0v) is 13.2. The smallest absolute Gasteiger partial charge is 0.265 e. The van der Waals surface area contributed by atoms with E-state index in [0.717, 1.165) is 22.0 Å². The summed E-state index contributed by atoms with van der Waals surface area (Å²) in [4.78, 5) is -0.0720. The highest BCUT2D eigenvalue weighted by Crippen LogP contribution is 2.36. The monoisotopic (exact) mass is 343 g/mol. The molecule has 0 aliphatic carbocycles. The van der Waals surface area contributed by atoms with E-state index in [1.165, 1.54) is 12.1 Å². The summed E-state index contributed by atoms with van der Waals surface area (Å²) >= 11 is 6.03. The summed E-state index contributed by atoms with van der Waals surface area (Å²) in [5, 5.41) is 0.0883. The first-order valence-corrected chi connectivity index (χ1v) is 8.39. The van der Waals surface area contributed by atoms with Crippen molar-refractivity contribution in [3.8, 4) is 0 Å². The molecule has 0 aromatic heterocycles. The molecule has 0 atom stereocenters. The maximum atomic E-state index is 13.8. The Hall–Kier alpha value is -1.66. The lowest BCUT2D eigenvalue weighted by molar-refractivity contribution is 0.577. The number of hydrogen-bond donors (Lipinski definition) is 0. The van der Waals surface area contributed by atoms with Crippen LogP contribution >= 0.6 is 11.6 Å². The minimum atomic E-state index is -3.96. The van der Waals surface area contributed by atoms with Gasteiger partial charge in [0.25, 0.3) is 10.0 Å². The lowest BCUT2D eigenvalue weighted by Crippen LogP contribution is -2.29. The molecule has 1 aliphatic heterocycles. The molecule has 7 heteroatoms. The number of anilines is 1. The topological polar surface area (TPSA) is 37.4 Å². The number of sulfonamides is 1. The van der Waals surface area contributed by atoms with Gasteiger partial charge in [0.15, 0.2) is 0 Å². The Balaban J connectivity index is 2.14. The highest BCUT2D eigenvalue weighted by molar-refractivity contribution is 7.93. The molecule has 0 spiro atoms. The lowest BCUT2D eigenvalue weighted by Gasteiger charge is -2.20. The van der Waals surface area contributed by atoms with Gasteiger partial charge < -0.3 is 0 Å². The molecule has 116 valence electrons. The van der Waals surface area contributed by atoms with Gasteiger partial charge in [0.05, 0.1) is 10.7 Å². The standard InChI is InChI=1S/C15H12ClF2NO2S/c1-9-2-3-15(12(16)6-9)22(20,21)19-5-4-11-13(18)7-10(17)8-14(11)19/h2-3,6-8H,4-5H2,1H3. The molecule has 1 heterocycles. The Bertz CT molecular complexity index is 868. The number of rotatable bonds is 2. The normalized spacial score (nSPS) is 14.3. The van der Waals surface area contributed by atoms with E-state index in [-0.39, 0.29) is 34.1 Å². The van der Waals surface area contributed by atoms with Crippen LogP contribution < -0.4 is 4.31 Å². The van der Waals surface area contributed by atoms with Gasteiger partial charge in [0, 0.05) is 18.2 Å². The number of nitrogens with zero attached hydrogens (tertiary/aromatic N) is 1. The average molecular weight is 344 g/mol. The summed E-state index contributed by atoms with van der Waals surface area (Å²) in [6.45, 7) is 1.85. The second-order valence-electron chi connectivity index (χ2n) is 5.15. The van der Waals surface area contributed by atoms with E-state index in [9.17, 15) is 17.2 Å². The first-order chi connectivity index (χ1) is 10.3. The Kier molecular flexibility index (Phi) is 3.61. The third-order valence-electron chi connectivity index (χ3n) is 3.63. The van der Waals surface area contributed by atoms with Crippen LogP contribution in [0.25, 0.3) is 0 Å². The van der Waals surface area contributed by atoms with Crippen molar-refractivity contribution in [2.24, 2.45) is 0 Å². The number of halogens is 3. The van der Waals surface area contributed by atoms with Gasteiger partial charge in [-0.1, -0.05) is 17.7 Å². The summed E-state index contributed by atoms with van der Waals surface area (Å²) in [6.07, 6.45) is 0.199. The van der Waals surface area contributed by atoms with E-state index < -0.39 is 21.7 Å². The molecule has 0 radical (unpaired) electrons. The molecule has 0 saturated carbocycles. The van der Waals surface area contributed by atoms with Crippen LogP contribution in [0.5, 0.6) is 0 Å². The Morgan fingerprint density at radius 3 is 2.59 bits per heavy atom. The van der Waals surface area contributed by atoms with Crippen LogP contribution in [-0.2, 0) is 16.4 Å². The predicted octanol–water partition coefficient (Wildman–Crippen LogP) is 3.68. The van der Waals surface area contributed by atoms with Crippen molar-refractivity contribution < 1.29 is 17.2 Å². The zero-order valence-electron chi connectivity index (χ0n) is 11.6. The highest BCUT2D eigenvalue weighted by atomic mass is 35.5. The fraction of sp³-hybridized carbons (Fsp3) is 0.200. The molecule has 2 aromatic rings. The molecule has 0 bridgehead atoms. The third kappa shape index (κ3) is 2.36. The molecule has 1 aliphatic rings. The van der Waals surface area contributed by atoms with Gasteiger partial charge in [-0.25, -0.2) is 17.2 Å². The van der Waals surface area contributed by atoms with Crippen molar-refractivity contribution in [2.45, 2.75) is 18.2 Å². The molecule has 22 heavy (non-hydrogen) atoms. The first kappa shape index (κ1) is 15.2. The molecule has 3 rings (SSSR count). The van der Waals surface area contributed by atoms with E-state index in [2.05, 4.69) is 0 Å². The van der Waals surface area contributed by atoms with Gasteiger partial charge in [0.1, 0.15) is 16.5 Å². The summed E-state index contributed by atoms with van der Waals surface area (Å²) in [7, 11) is -3.96. The maximum Gasteiger partial charge on any atom is 0.265 e. The second-order valence-corrected chi connectivity index (χ2v) is 7.38. The van der Waals surface area contributed by atoms with Gasteiger partial charge in [-0.3, -0.25) is 4.31 Å². The van der Waals surface area contributed by atoms with Gasteiger partial charge in [-0.15, -0.1) is 0 Å². The van der Waals surface area contributed by atoms with Crippen LogP contribution in [-0.4, -0.2) is 15.0 Å². The predicted molar refractivity (Wildman–Crippen MR) is 80.8 cm³/mol.